The van der Waals surface area contributed by atoms with Crippen LogP contribution in [0.4, 0.5) is 42.1 Å². The molecule has 202 valence electrons. The highest BCUT2D eigenvalue weighted by molar-refractivity contribution is 6.36. The third kappa shape index (κ3) is 6.48. The summed E-state index contributed by atoms with van der Waals surface area (Å²) in [6.45, 7) is 0. The Morgan fingerprint density at radius 2 is 1.58 bits per heavy atom. The van der Waals surface area contributed by atoms with Crippen molar-refractivity contribution in [1.29, 1.82) is 0 Å². The van der Waals surface area contributed by atoms with Gasteiger partial charge in [-0.3, -0.25) is 9.59 Å². The minimum absolute atomic E-state index is 0.144. The molecule has 1 unspecified atom stereocenters. The number of amides is 2. The monoisotopic (exact) mass is 582 g/mol. The molecule has 0 fully saturated rings. The molecule has 5 nitrogen and oxygen atoms in total. The lowest BCUT2D eigenvalue weighted by Gasteiger charge is -2.24. The van der Waals surface area contributed by atoms with Gasteiger partial charge in [-0.2, -0.15) is 22.0 Å². The maximum absolute atomic E-state index is 14.5. The SMILES string of the molecule is CN(C(=O)c1ccccc1)c1ccc(F)c(C(=O)Nc2cc(Cl)c(OC(F)(F)C(F)C(F)(F)F)cc2Cl)c1. The van der Waals surface area contributed by atoms with E-state index in [-0.39, 0.29) is 11.4 Å². The molecule has 1 N–H and O–H groups in total. The average molecular weight is 583 g/mol. The van der Waals surface area contributed by atoms with Crippen LogP contribution in [0.3, 0.4) is 0 Å². The summed E-state index contributed by atoms with van der Waals surface area (Å²) in [6.07, 6.45) is -15.9. The normalized spacial score (nSPS) is 12.6. The van der Waals surface area contributed by atoms with Gasteiger partial charge < -0.3 is 15.0 Å². The molecule has 0 aliphatic heterocycles. The zero-order valence-electron chi connectivity index (χ0n) is 18.9. The molecule has 38 heavy (non-hydrogen) atoms. The van der Waals surface area contributed by atoms with Crippen molar-refractivity contribution < 1.29 is 45.1 Å². The second-order valence-corrected chi connectivity index (χ2v) is 8.49. The predicted molar refractivity (Wildman–Crippen MR) is 127 cm³/mol. The van der Waals surface area contributed by atoms with Crippen LogP contribution in [-0.4, -0.2) is 37.3 Å². The number of nitrogens with zero attached hydrogens (tertiary/aromatic N) is 1. The molecule has 1 atom stereocenters. The molecule has 0 bridgehead atoms. The third-order valence-corrected chi connectivity index (χ3v) is 5.61. The van der Waals surface area contributed by atoms with Crippen molar-refractivity contribution in [1.82, 2.24) is 0 Å². The molecular formula is C24H15Cl2F7N2O3. The molecule has 3 aromatic carbocycles. The zero-order chi connectivity index (χ0) is 28.4. The summed E-state index contributed by atoms with van der Waals surface area (Å²) in [7, 11) is 1.40. The molecule has 0 aromatic heterocycles. The van der Waals surface area contributed by atoms with Crippen LogP contribution in [0, 0.1) is 5.82 Å². The number of benzene rings is 3. The number of ether oxygens (including phenoxy) is 1. The summed E-state index contributed by atoms with van der Waals surface area (Å²) >= 11 is 11.7. The Morgan fingerprint density at radius 1 is 0.947 bits per heavy atom. The Labute approximate surface area is 220 Å². The first-order valence-corrected chi connectivity index (χ1v) is 11.1. The summed E-state index contributed by atoms with van der Waals surface area (Å²) in [5, 5.41) is 0.862. The summed E-state index contributed by atoms with van der Waals surface area (Å²) < 4.78 is 95.6. The molecule has 3 aromatic rings. The molecule has 0 heterocycles. The lowest BCUT2D eigenvalue weighted by molar-refractivity contribution is -0.304. The second-order valence-electron chi connectivity index (χ2n) is 7.68. The van der Waals surface area contributed by atoms with Crippen molar-refractivity contribution in [3.8, 4) is 5.75 Å². The van der Waals surface area contributed by atoms with Crippen LogP contribution in [-0.2, 0) is 0 Å². The highest BCUT2D eigenvalue weighted by atomic mass is 35.5. The van der Waals surface area contributed by atoms with E-state index in [1.165, 1.54) is 18.0 Å². The third-order valence-electron chi connectivity index (χ3n) is 5.01. The van der Waals surface area contributed by atoms with Gasteiger partial charge in [0.05, 0.1) is 21.3 Å². The zero-order valence-corrected chi connectivity index (χ0v) is 20.4. The number of carbonyl (C=O) groups is 2. The fraction of sp³-hybridized carbons (Fsp3) is 0.167. The van der Waals surface area contributed by atoms with Crippen molar-refractivity contribution in [2.24, 2.45) is 0 Å². The first-order valence-electron chi connectivity index (χ1n) is 10.3. The Kier molecular flexibility index (Phi) is 8.47. The molecule has 2 amide bonds. The van der Waals surface area contributed by atoms with E-state index in [4.69, 9.17) is 23.2 Å². The van der Waals surface area contributed by atoms with E-state index < -0.39 is 57.4 Å². The average Bonchev–Trinajstić information content (AvgIpc) is 2.85. The highest BCUT2D eigenvalue weighted by Gasteiger charge is 2.59. The Balaban J connectivity index is 1.83. The first kappa shape index (κ1) is 29.1. The fourth-order valence-corrected chi connectivity index (χ4v) is 3.47. The van der Waals surface area contributed by atoms with E-state index in [0.29, 0.717) is 11.6 Å². The molecule has 0 radical (unpaired) electrons. The lowest BCUT2D eigenvalue weighted by atomic mass is 10.1. The van der Waals surface area contributed by atoms with Crippen molar-refractivity contribution >= 4 is 46.4 Å². The van der Waals surface area contributed by atoms with Crippen LogP contribution >= 0.6 is 23.2 Å². The molecule has 0 aliphatic rings. The van der Waals surface area contributed by atoms with Crippen molar-refractivity contribution in [2.45, 2.75) is 18.5 Å². The number of rotatable bonds is 7. The van der Waals surface area contributed by atoms with E-state index in [2.05, 4.69) is 10.1 Å². The van der Waals surface area contributed by atoms with Gasteiger partial charge in [-0.1, -0.05) is 41.4 Å². The predicted octanol–water partition coefficient (Wildman–Crippen LogP) is 7.53. The van der Waals surface area contributed by atoms with Gasteiger partial charge in [-0.25, -0.2) is 8.78 Å². The smallest absolute Gasteiger partial charge is 0.428 e. The van der Waals surface area contributed by atoms with E-state index >= 15 is 0 Å². The molecule has 0 aliphatic carbocycles. The summed E-state index contributed by atoms with van der Waals surface area (Å²) in [5.41, 5.74) is -0.428. The summed E-state index contributed by atoms with van der Waals surface area (Å²) in [5.74, 6) is -3.65. The Hall–Kier alpha value is -3.51. The largest absolute Gasteiger partial charge is 0.439 e. The number of nitrogens with one attached hydrogen (secondary N) is 1. The molecule has 14 heteroatoms. The number of halogens is 9. The number of anilines is 2. The van der Waals surface area contributed by atoms with Gasteiger partial charge >= 0.3 is 12.3 Å². The first-order chi connectivity index (χ1) is 17.6. The topological polar surface area (TPSA) is 58.6 Å². The molecule has 0 saturated carbocycles. The van der Waals surface area contributed by atoms with Crippen LogP contribution < -0.4 is 15.0 Å². The summed E-state index contributed by atoms with van der Waals surface area (Å²) in [4.78, 5) is 26.6. The van der Waals surface area contributed by atoms with E-state index in [1.807, 2.05) is 0 Å². The van der Waals surface area contributed by atoms with Gasteiger partial charge in [0.1, 0.15) is 11.6 Å². The second kappa shape index (κ2) is 11.1. The number of carbonyl (C=O) groups excluding carboxylic acids is 2. The van der Waals surface area contributed by atoms with Gasteiger partial charge in [0.15, 0.2) is 0 Å². The summed E-state index contributed by atoms with van der Waals surface area (Å²) in [6, 6.07) is 12.6. The number of alkyl halides is 6. The van der Waals surface area contributed by atoms with Crippen LogP contribution in [0.2, 0.25) is 10.0 Å². The van der Waals surface area contributed by atoms with Crippen LogP contribution in [0.5, 0.6) is 5.75 Å². The van der Waals surface area contributed by atoms with Gasteiger partial charge in [-0.05, 0) is 36.4 Å². The lowest BCUT2D eigenvalue weighted by Crippen LogP contribution is -2.45. The van der Waals surface area contributed by atoms with Crippen molar-refractivity contribution in [2.75, 3.05) is 17.3 Å². The van der Waals surface area contributed by atoms with Crippen molar-refractivity contribution in [3.63, 3.8) is 0 Å². The molecule has 3 rings (SSSR count). The van der Waals surface area contributed by atoms with Crippen LogP contribution in [0.1, 0.15) is 20.7 Å². The molecular weight excluding hydrogens is 568 g/mol. The van der Waals surface area contributed by atoms with Crippen molar-refractivity contribution in [3.05, 3.63) is 87.7 Å². The molecule has 0 saturated heterocycles. The Morgan fingerprint density at radius 3 is 2.18 bits per heavy atom. The Bertz CT molecular complexity index is 1350. The standard InChI is InChI=1S/C24H15Cl2F7N2O3/c1-35(21(37)12-5-3-2-4-6-12)13-7-8-17(27)14(9-13)20(36)34-18-10-16(26)19(11-15(18)25)38-24(32,33)22(28)23(29,30)31/h2-11,22H,1H3,(H,34,36). The van der Waals surface area contributed by atoms with Crippen LogP contribution in [0.25, 0.3) is 0 Å². The highest BCUT2D eigenvalue weighted by Crippen LogP contribution is 2.41. The van der Waals surface area contributed by atoms with Gasteiger partial charge in [0.25, 0.3) is 18.0 Å². The van der Waals surface area contributed by atoms with E-state index in [0.717, 1.165) is 18.2 Å². The van der Waals surface area contributed by atoms with Gasteiger partial charge in [-0.15, -0.1) is 0 Å². The maximum atomic E-state index is 14.5. The quantitative estimate of drug-likeness (QED) is 0.293. The van der Waals surface area contributed by atoms with Crippen LogP contribution in [0.15, 0.2) is 60.7 Å². The maximum Gasteiger partial charge on any atom is 0.439 e. The number of hydrogen-bond donors (Lipinski definition) is 1. The molecule has 0 spiro atoms. The van der Waals surface area contributed by atoms with Gasteiger partial charge in [0.2, 0.25) is 0 Å². The van der Waals surface area contributed by atoms with Gasteiger partial charge in [0, 0.05) is 24.4 Å². The fourth-order valence-electron chi connectivity index (χ4n) is 3.07. The van der Waals surface area contributed by atoms with E-state index in [1.54, 1.807) is 30.3 Å². The van der Waals surface area contributed by atoms with E-state index in [9.17, 15) is 40.3 Å². The minimum atomic E-state index is -5.92. The number of hydrogen-bond acceptors (Lipinski definition) is 3. The minimum Gasteiger partial charge on any atom is -0.428 e.